The van der Waals surface area contributed by atoms with E-state index < -0.39 is 23.7 Å². The minimum atomic E-state index is -0.861. The average molecular weight is 423 g/mol. The number of carboxylic acid groups (broad SMARTS) is 1. The number of unbranched alkanes of at least 4 members (excludes halogenated alkanes) is 2. The van der Waals surface area contributed by atoms with Crippen molar-refractivity contribution in [3.8, 4) is 5.75 Å². The number of benzene rings is 2. The molecule has 31 heavy (non-hydrogen) atoms. The van der Waals surface area contributed by atoms with Crippen LogP contribution in [0.4, 0.5) is 0 Å². The number of aliphatic hydroxyl groups is 1. The van der Waals surface area contributed by atoms with Crippen LogP contribution in [0, 0.1) is 0 Å². The van der Waals surface area contributed by atoms with Crippen molar-refractivity contribution in [3.63, 3.8) is 0 Å². The van der Waals surface area contributed by atoms with Gasteiger partial charge in [0.05, 0.1) is 18.7 Å². The van der Waals surface area contributed by atoms with Gasteiger partial charge in [-0.1, -0.05) is 48.9 Å². The van der Waals surface area contributed by atoms with Gasteiger partial charge in [-0.05, 0) is 30.5 Å². The van der Waals surface area contributed by atoms with Crippen molar-refractivity contribution < 1.29 is 29.3 Å². The molecule has 0 unspecified atom stereocenters. The van der Waals surface area contributed by atoms with Crippen molar-refractivity contribution in [3.05, 3.63) is 71.3 Å². The van der Waals surface area contributed by atoms with Crippen molar-refractivity contribution in [2.75, 3.05) is 13.7 Å². The molecule has 1 aliphatic heterocycles. The number of hydrogen-bond acceptors (Lipinski definition) is 5. The standard InChI is InChI=1S/C24H25NO6/c1-31-18-12-8-11-17(15-18)21-20(22(28)16-9-4-2-5-10-16)23(29)24(30)25(21)14-7-3-6-13-19(26)27/h2,4-5,8-12,15,21,28H,3,6-7,13-14H2,1H3,(H,26,27)/t21-/m1/s1. The average Bonchev–Trinajstić information content (AvgIpc) is 3.03. The van der Waals surface area contributed by atoms with Crippen LogP contribution in [0.1, 0.15) is 42.9 Å². The second kappa shape index (κ2) is 9.93. The monoisotopic (exact) mass is 423 g/mol. The number of carbonyl (C=O) groups excluding carboxylic acids is 2. The van der Waals surface area contributed by atoms with E-state index in [-0.39, 0.29) is 24.3 Å². The summed E-state index contributed by atoms with van der Waals surface area (Å²) in [5, 5.41) is 19.7. The number of carbonyl (C=O) groups is 3. The molecular formula is C24H25NO6. The number of ether oxygens (including phenoxy) is 1. The Kier molecular flexibility index (Phi) is 7.07. The number of amides is 1. The fourth-order valence-corrected chi connectivity index (χ4v) is 3.76. The van der Waals surface area contributed by atoms with Gasteiger partial charge in [0.1, 0.15) is 11.5 Å². The summed E-state index contributed by atoms with van der Waals surface area (Å²) < 4.78 is 5.30. The van der Waals surface area contributed by atoms with E-state index in [4.69, 9.17) is 9.84 Å². The Morgan fingerprint density at radius 3 is 2.42 bits per heavy atom. The lowest BCUT2D eigenvalue weighted by Gasteiger charge is -2.25. The highest BCUT2D eigenvalue weighted by Gasteiger charge is 2.45. The lowest BCUT2D eigenvalue weighted by atomic mass is 9.95. The summed E-state index contributed by atoms with van der Waals surface area (Å²) in [6.07, 6.45) is 1.71. The Morgan fingerprint density at radius 1 is 1.00 bits per heavy atom. The van der Waals surface area contributed by atoms with Crippen molar-refractivity contribution in [1.82, 2.24) is 4.90 Å². The largest absolute Gasteiger partial charge is 0.507 e. The molecule has 3 rings (SSSR count). The van der Waals surface area contributed by atoms with E-state index in [0.29, 0.717) is 36.1 Å². The Balaban J connectivity index is 1.98. The van der Waals surface area contributed by atoms with Gasteiger partial charge < -0.3 is 19.8 Å². The van der Waals surface area contributed by atoms with E-state index in [1.54, 1.807) is 54.6 Å². The molecule has 0 aliphatic carbocycles. The van der Waals surface area contributed by atoms with Gasteiger partial charge in [-0.2, -0.15) is 0 Å². The summed E-state index contributed by atoms with van der Waals surface area (Å²) in [6, 6.07) is 14.9. The highest BCUT2D eigenvalue weighted by atomic mass is 16.5. The lowest BCUT2D eigenvalue weighted by molar-refractivity contribution is -0.140. The lowest BCUT2D eigenvalue weighted by Crippen LogP contribution is -2.30. The molecule has 1 atom stereocenters. The molecule has 1 amide bonds. The first-order valence-corrected chi connectivity index (χ1v) is 10.1. The maximum absolute atomic E-state index is 12.9. The maximum Gasteiger partial charge on any atom is 0.303 e. The minimum absolute atomic E-state index is 0.0370. The van der Waals surface area contributed by atoms with Crippen LogP contribution in [0.15, 0.2) is 60.2 Å². The van der Waals surface area contributed by atoms with Gasteiger partial charge in [0.2, 0.25) is 0 Å². The molecule has 0 radical (unpaired) electrons. The summed E-state index contributed by atoms with van der Waals surface area (Å²) >= 11 is 0. The molecule has 7 heteroatoms. The Bertz CT molecular complexity index is 998. The zero-order chi connectivity index (χ0) is 22.4. The van der Waals surface area contributed by atoms with Crippen molar-refractivity contribution >= 4 is 23.4 Å². The van der Waals surface area contributed by atoms with Crippen LogP contribution in [-0.2, 0) is 14.4 Å². The van der Waals surface area contributed by atoms with Gasteiger partial charge in [-0.15, -0.1) is 0 Å². The summed E-state index contributed by atoms with van der Waals surface area (Å²) in [5.41, 5.74) is 1.14. The van der Waals surface area contributed by atoms with Gasteiger partial charge in [0.15, 0.2) is 0 Å². The van der Waals surface area contributed by atoms with E-state index >= 15 is 0 Å². The van der Waals surface area contributed by atoms with Crippen molar-refractivity contribution in [2.24, 2.45) is 0 Å². The van der Waals surface area contributed by atoms with E-state index in [1.165, 1.54) is 12.0 Å². The van der Waals surface area contributed by atoms with Gasteiger partial charge in [-0.3, -0.25) is 14.4 Å². The molecule has 0 saturated carbocycles. The second-order valence-electron chi connectivity index (χ2n) is 7.34. The van der Waals surface area contributed by atoms with Crippen molar-refractivity contribution in [1.29, 1.82) is 0 Å². The highest BCUT2D eigenvalue weighted by molar-refractivity contribution is 6.46. The number of aliphatic carboxylic acids is 1. The fourth-order valence-electron chi connectivity index (χ4n) is 3.76. The molecule has 0 aromatic heterocycles. The first-order chi connectivity index (χ1) is 14.9. The number of aliphatic hydroxyl groups excluding tert-OH is 1. The number of nitrogens with zero attached hydrogens (tertiary/aromatic N) is 1. The van der Waals surface area contributed by atoms with E-state index in [0.717, 1.165) is 0 Å². The third-order valence-electron chi connectivity index (χ3n) is 5.29. The Hall–Kier alpha value is -3.61. The molecule has 1 saturated heterocycles. The van der Waals surface area contributed by atoms with Crippen LogP contribution < -0.4 is 4.74 Å². The number of rotatable bonds is 9. The molecule has 0 spiro atoms. The van der Waals surface area contributed by atoms with Crippen LogP contribution in [0.3, 0.4) is 0 Å². The summed E-state index contributed by atoms with van der Waals surface area (Å²) in [5.74, 6) is -1.92. The Morgan fingerprint density at radius 2 is 1.74 bits per heavy atom. The minimum Gasteiger partial charge on any atom is -0.507 e. The predicted molar refractivity (Wildman–Crippen MR) is 115 cm³/mol. The molecule has 162 valence electrons. The topological polar surface area (TPSA) is 104 Å². The third kappa shape index (κ3) is 4.94. The predicted octanol–water partition coefficient (Wildman–Crippen LogP) is 3.76. The van der Waals surface area contributed by atoms with E-state index in [2.05, 4.69) is 0 Å². The first kappa shape index (κ1) is 22.1. The zero-order valence-corrected chi connectivity index (χ0v) is 17.3. The normalized spacial score (nSPS) is 17.7. The van der Waals surface area contributed by atoms with E-state index in [1.807, 2.05) is 0 Å². The molecule has 2 N–H and O–H groups in total. The zero-order valence-electron chi connectivity index (χ0n) is 17.3. The van der Waals surface area contributed by atoms with Crippen LogP contribution in [0.2, 0.25) is 0 Å². The third-order valence-corrected chi connectivity index (χ3v) is 5.29. The number of methoxy groups -OCH3 is 1. The Labute approximate surface area is 180 Å². The van der Waals surface area contributed by atoms with Crippen LogP contribution in [0.25, 0.3) is 5.76 Å². The molecule has 1 heterocycles. The maximum atomic E-state index is 12.9. The summed E-state index contributed by atoms with van der Waals surface area (Å²) in [6.45, 7) is 0.275. The molecule has 1 aliphatic rings. The number of likely N-dealkylation sites (tertiary alicyclic amines) is 1. The van der Waals surface area contributed by atoms with Crippen LogP contribution in [0.5, 0.6) is 5.75 Å². The highest BCUT2D eigenvalue weighted by Crippen LogP contribution is 2.40. The number of Topliss-reactive ketones (excluding diaryl/α,β-unsaturated/α-hetero) is 1. The molecular weight excluding hydrogens is 398 g/mol. The van der Waals surface area contributed by atoms with Gasteiger partial charge in [0.25, 0.3) is 11.7 Å². The molecule has 7 nitrogen and oxygen atoms in total. The fraction of sp³-hybridized carbons (Fsp3) is 0.292. The summed E-state index contributed by atoms with van der Waals surface area (Å²) in [4.78, 5) is 38.0. The number of hydrogen-bond donors (Lipinski definition) is 2. The number of ketones is 1. The molecule has 1 fully saturated rings. The van der Waals surface area contributed by atoms with Crippen molar-refractivity contribution in [2.45, 2.75) is 31.7 Å². The van der Waals surface area contributed by atoms with Gasteiger partial charge in [0, 0.05) is 18.5 Å². The van der Waals surface area contributed by atoms with Crippen LogP contribution in [-0.4, -0.2) is 46.4 Å². The van der Waals surface area contributed by atoms with Gasteiger partial charge in [-0.25, -0.2) is 0 Å². The SMILES string of the molecule is COc1cccc([C@@H]2C(=C(O)c3ccccc3)C(=O)C(=O)N2CCCCCC(=O)O)c1. The number of carboxylic acids is 1. The smallest absolute Gasteiger partial charge is 0.303 e. The second-order valence-corrected chi connectivity index (χ2v) is 7.34. The molecule has 0 bridgehead atoms. The van der Waals surface area contributed by atoms with E-state index in [9.17, 15) is 19.5 Å². The van der Waals surface area contributed by atoms with Gasteiger partial charge >= 0.3 is 5.97 Å². The first-order valence-electron chi connectivity index (χ1n) is 10.1. The molecule has 2 aromatic carbocycles. The quantitative estimate of drug-likeness (QED) is 0.275. The van der Waals surface area contributed by atoms with Crippen LogP contribution >= 0.6 is 0 Å². The molecule has 2 aromatic rings. The summed E-state index contributed by atoms with van der Waals surface area (Å²) in [7, 11) is 1.53.